The molecule has 0 N–H and O–H groups in total. The van der Waals surface area contributed by atoms with Crippen LogP contribution in [0.3, 0.4) is 0 Å². The van der Waals surface area contributed by atoms with Crippen LogP contribution in [0, 0.1) is 6.92 Å². The Hall–Kier alpha value is -2.67. The van der Waals surface area contributed by atoms with Gasteiger partial charge in [-0.1, -0.05) is 12.1 Å². The lowest BCUT2D eigenvalue weighted by Crippen LogP contribution is -2.48. The number of nitrogens with zero attached hydrogens (tertiary/aromatic N) is 4. The summed E-state index contributed by atoms with van der Waals surface area (Å²) in [5, 5.41) is 0. The van der Waals surface area contributed by atoms with E-state index in [0.717, 1.165) is 47.3 Å². The fraction of sp³-hybridized carbons (Fsp3) is 0.476. The first kappa shape index (κ1) is 20.1. The number of ether oxygens (including phenoxy) is 2. The smallest absolute Gasteiger partial charge is 0.219 e. The lowest BCUT2D eigenvalue weighted by molar-refractivity contribution is -0.129. The molecule has 1 aliphatic heterocycles. The highest BCUT2D eigenvalue weighted by Crippen LogP contribution is 2.26. The van der Waals surface area contributed by atoms with Crippen LogP contribution >= 0.6 is 0 Å². The maximum absolute atomic E-state index is 11.7. The molecule has 0 bridgehead atoms. The quantitative estimate of drug-likeness (QED) is 0.761. The van der Waals surface area contributed by atoms with Gasteiger partial charge >= 0.3 is 0 Å². The minimum absolute atomic E-state index is 0.122. The van der Waals surface area contributed by atoms with Gasteiger partial charge in [-0.25, -0.2) is 9.97 Å². The fourth-order valence-electron chi connectivity index (χ4n) is 3.52. The van der Waals surface area contributed by atoms with E-state index in [2.05, 4.69) is 22.0 Å². The highest BCUT2D eigenvalue weighted by molar-refractivity contribution is 5.73. The normalized spacial score (nSPS) is 14.3. The van der Waals surface area contributed by atoms with Crippen molar-refractivity contribution in [3.63, 3.8) is 0 Å². The molecule has 3 rings (SSSR count). The van der Waals surface area contributed by atoms with Gasteiger partial charge in [0, 0.05) is 52.2 Å². The SMILES string of the molecule is COCc1nc(C)nc(N2CCN(C(C)=O)CC2)c1Cc1ccc(OC)cc1. The molecule has 28 heavy (non-hydrogen) atoms. The van der Waals surface area contributed by atoms with Gasteiger partial charge in [0.05, 0.1) is 19.4 Å². The molecule has 0 aliphatic carbocycles. The Bertz CT molecular complexity index is 815. The Labute approximate surface area is 166 Å². The van der Waals surface area contributed by atoms with Gasteiger partial charge in [-0.05, 0) is 24.6 Å². The molecule has 0 saturated carbocycles. The van der Waals surface area contributed by atoms with E-state index in [1.54, 1.807) is 21.1 Å². The summed E-state index contributed by atoms with van der Waals surface area (Å²) < 4.78 is 10.7. The predicted octanol–water partition coefficient (Wildman–Crippen LogP) is 2.20. The van der Waals surface area contributed by atoms with Crippen LogP contribution in [-0.4, -0.2) is 61.2 Å². The zero-order valence-electron chi connectivity index (χ0n) is 17.1. The number of rotatable bonds is 6. The largest absolute Gasteiger partial charge is 0.497 e. The molecule has 1 aliphatic rings. The third-order valence-corrected chi connectivity index (χ3v) is 5.03. The van der Waals surface area contributed by atoms with Gasteiger partial charge in [0.1, 0.15) is 17.4 Å². The van der Waals surface area contributed by atoms with E-state index in [1.165, 1.54) is 0 Å². The van der Waals surface area contributed by atoms with E-state index in [0.29, 0.717) is 26.1 Å². The minimum Gasteiger partial charge on any atom is -0.497 e. The molecule has 2 heterocycles. The van der Waals surface area contributed by atoms with E-state index in [4.69, 9.17) is 14.5 Å². The van der Waals surface area contributed by atoms with Crippen LogP contribution in [0.25, 0.3) is 0 Å². The monoisotopic (exact) mass is 384 g/mol. The van der Waals surface area contributed by atoms with Crippen LogP contribution in [0.2, 0.25) is 0 Å². The number of hydrogen-bond donors (Lipinski definition) is 0. The molecule has 1 fully saturated rings. The van der Waals surface area contributed by atoms with Crippen LogP contribution in [0.15, 0.2) is 24.3 Å². The zero-order valence-corrected chi connectivity index (χ0v) is 17.1. The third-order valence-electron chi connectivity index (χ3n) is 5.03. The maximum Gasteiger partial charge on any atom is 0.219 e. The first-order valence-electron chi connectivity index (χ1n) is 9.50. The molecule has 0 unspecified atom stereocenters. The molecule has 1 aromatic carbocycles. The molecule has 7 nitrogen and oxygen atoms in total. The summed E-state index contributed by atoms with van der Waals surface area (Å²) in [5.41, 5.74) is 3.15. The molecule has 0 spiro atoms. The second kappa shape index (κ2) is 9.01. The molecule has 2 aromatic rings. The average molecular weight is 384 g/mol. The first-order chi connectivity index (χ1) is 13.5. The van der Waals surface area contributed by atoms with Gasteiger partial charge in [-0.15, -0.1) is 0 Å². The Morgan fingerprint density at radius 2 is 1.75 bits per heavy atom. The molecule has 0 radical (unpaired) electrons. The van der Waals surface area contributed by atoms with Crippen molar-refractivity contribution in [1.82, 2.24) is 14.9 Å². The number of benzene rings is 1. The molecule has 1 amide bonds. The van der Waals surface area contributed by atoms with Crippen molar-refractivity contribution in [3.05, 3.63) is 46.9 Å². The number of carbonyl (C=O) groups excluding carboxylic acids is 1. The summed E-state index contributed by atoms with van der Waals surface area (Å²) in [6, 6.07) is 8.05. The fourth-order valence-corrected chi connectivity index (χ4v) is 3.52. The van der Waals surface area contributed by atoms with E-state index >= 15 is 0 Å². The first-order valence-corrected chi connectivity index (χ1v) is 9.50. The topological polar surface area (TPSA) is 67.8 Å². The number of methoxy groups -OCH3 is 2. The number of piperazine rings is 1. The van der Waals surface area contributed by atoms with Crippen molar-refractivity contribution in [3.8, 4) is 5.75 Å². The average Bonchev–Trinajstić information content (AvgIpc) is 2.70. The number of aryl methyl sites for hydroxylation is 1. The van der Waals surface area contributed by atoms with Crippen LogP contribution in [0.5, 0.6) is 5.75 Å². The summed E-state index contributed by atoms with van der Waals surface area (Å²) in [4.78, 5) is 25.2. The van der Waals surface area contributed by atoms with Crippen LogP contribution in [0.1, 0.15) is 29.6 Å². The van der Waals surface area contributed by atoms with Crippen LogP contribution in [-0.2, 0) is 22.6 Å². The minimum atomic E-state index is 0.122. The van der Waals surface area contributed by atoms with Gasteiger partial charge in [-0.2, -0.15) is 0 Å². The number of hydrogen-bond acceptors (Lipinski definition) is 6. The predicted molar refractivity (Wildman–Crippen MR) is 108 cm³/mol. The van der Waals surface area contributed by atoms with Crippen LogP contribution < -0.4 is 9.64 Å². The van der Waals surface area contributed by atoms with Gasteiger partial charge < -0.3 is 19.3 Å². The molecular weight excluding hydrogens is 356 g/mol. The second-order valence-electron chi connectivity index (χ2n) is 6.97. The lowest BCUT2D eigenvalue weighted by Gasteiger charge is -2.36. The number of aromatic nitrogens is 2. The Morgan fingerprint density at radius 1 is 1.07 bits per heavy atom. The summed E-state index contributed by atoms with van der Waals surface area (Å²) in [5.74, 6) is 2.63. The molecule has 1 aromatic heterocycles. The summed E-state index contributed by atoms with van der Waals surface area (Å²) >= 11 is 0. The Morgan fingerprint density at radius 3 is 2.32 bits per heavy atom. The van der Waals surface area contributed by atoms with Gasteiger partial charge in [-0.3, -0.25) is 4.79 Å². The maximum atomic E-state index is 11.7. The number of anilines is 1. The molecular formula is C21H28N4O3. The highest BCUT2D eigenvalue weighted by Gasteiger charge is 2.24. The third kappa shape index (κ3) is 4.59. The van der Waals surface area contributed by atoms with Crippen molar-refractivity contribution < 1.29 is 14.3 Å². The second-order valence-corrected chi connectivity index (χ2v) is 6.97. The van der Waals surface area contributed by atoms with E-state index in [-0.39, 0.29) is 5.91 Å². The summed E-state index contributed by atoms with van der Waals surface area (Å²) in [6.07, 6.45) is 0.714. The lowest BCUT2D eigenvalue weighted by atomic mass is 10.0. The number of carbonyl (C=O) groups is 1. The van der Waals surface area contributed by atoms with Crippen molar-refractivity contribution in [2.45, 2.75) is 26.9 Å². The summed E-state index contributed by atoms with van der Waals surface area (Å²) in [6.45, 7) is 6.91. The van der Waals surface area contributed by atoms with Crippen molar-refractivity contribution >= 4 is 11.7 Å². The Balaban J connectivity index is 1.92. The van der Waals surface area contributed by atoms with Gasteiger partial charge in [0.15, 0.2) is 0 Å². The van der Waals surface area contributed by atoms with E-state index < -0.39 is 0 Å². The standard InChI is InChI=1S/C21H28N4O3/c1-15-22-20(14-27-3)19(13-17-5-7-18(28-4)8-6-17)21(23-15)25-11-9-24(10-12-25)16(2)26/h5-8H,9-14H2,1-4H3. The molecule has 0 atom stereocenters. The van der Waals surface area contributed by atoms with Crippen molar-refractivity contribution in [2.24, 2.45) is 0 Å². The van der Waals surface area contributed by atoms with Crippen LogP contribution in [0.4, 0.5) is 5.82 Å². The molecule has 7 heteroatoms. The van der Waals surface area contributed by atoms with E-state index in [9.17, 15) is 4.79 Å². The van der Waals surface area contributed by atoms with Crippen molar-refractivity contribution in [1.29, 1.82) is 0 Å². The number of amides is 1. The molecule has 1 saturated heterocycles. The highest BCUT2D eigenvalue weighted by atomic mass is 16.5. The van der Waals surface area contributed by atoms with Gasteiger partial charge in [0.2, 0.25) is 5.91 Å². The van der Waals surface area contributed by atoms with Gasteiger partial charge in [0.25, 0.3) is 0 Å². The zero-order chi connectivity index (χ0) is 20.1. The molecule has 150 valence electrons. The van der Waals surface area contributed by atoms with E-state index in [1.807, 2.05) is 24.0 Å². The Kier molecular flexibility index (Phi) is 6.46. The summed E-state index contributed by atoms with van der Waals surface area (Å²) in [7, 11) is 3.35. The van der Waals surface area contributed by atoms with Crippen molar-refractivity contribution in [2.75, 3.05) is 45.3 Å².